The summed E-state index contributed by atoms with van der Waals surface area (Å²) >= 11 is 0. The van der Waals surface area contributed by atoms with Crippen molar-refractivity contribution in [3.05, 3.63) is 0 Å². The quantitative estimate of drug-likeness (QED) is 0.252. The van der Waals surface area contributed by atoms with Crippen molar-refractivity contribution in [2.45, 2.75) is 90.0 Å². The van der Waals surface area contributed by atoms with Gasteiger partial charge < -0.3 is 10.2 Å². The molecule has 1 heterocycles. The van der Waals surface area contributed by atoms with Crippen LogP contribution in [0.15, 0.2) is 0 Å². The molecule has 0 aromatic rings. The first-order valence-corrected chi connectivity index (χ1v) is 9.82. The molecule has 0 aliphatic carbocycles. The van der Waals surface area contributed by atoms with Gasteiger partial charge in [0, 0.05) is 0 Å². The number of hydrogen-bond donors (Lipinski definition) is 2. The third-order valence-corrected chi connectivity index (χ3v) is 5.26. The summed E-state index contributed by atoms with van der Waals surface area (Å²) < 4.78 is 0.252. The maximum atomic E-state index is 11.1. The lowest BCUT2D eigenvalue weighted by molar-refractivity contribution is -0.801. The zero-order valence-electron chi connectivity index (χ0n) is 15.3. The lowest BCUT2D eigenvalue weighted by Gasteiger charge is -2.17. The predicted octanol–water partition coefficient (Wildman–Crippen LogP) is 4.06. The fourth-order valence-electron chi connectivity index (χ4n) is 3.65. The van der Waals surface area contributed by atoms with Crippen molar-refractivity contribution in [3.8, 4) is 0 Å². The molecule has 0 saturated carbocycles. The highest BCUT2D eigenvalue weighted by Crippen LogP contribution is 2.32. The van der Waals surface area contributed by atoms with Crippen LogP contribution in [0.5, 0.6) is 0 Å². The van der Waals surface area contributed by atoms with E-state index in [9.17, 15) is 9.59 Å². The SMILES string of the molecule is CCCCCCCCCCCCCC[N+]1(CC(=O)O)CC1C(=O)O. The smallest absolute Gasteiger partial charge is 0.368 e. The van der Waals surface area contributed by atoms with Crippen LogP contribution in [0.4, 0.5) is 0 Å². The van der Waals surface area contributed by atoms with Crippen LogP contribution in [0.1, 0.15) is 84.0 Å². The molecule has 0 aromatic carbocycles. The lowest BCUT2D eigenvalue weighted by Crippen LogP contribution is -2.37. The Bertz CT molecular complexity index is 386. The third kappa shape index (κ3) is 8.13. The largest absolute Gasteiger partial charge is 0.477 e. The van der Waals surface area contributed by atoms with Gasteiger partial charge in [0.2, 0.25) is 6.04 Å². The fourth-order valence-corrected chi connectivity index (χ4v) is 3.65. The molecule has 0 radical (unpaired) electrons. The Balaban J connectivity index is 1.97. The number of rotatable bonds is 16. The predicted molar refractivity (Wildman–Crippen MR) is 95.0 cm³/mol. The Morgan fingerprint density at radius 2 is 1.29 bits per heavy atom. The molecule has 2 atom stereocenters. The highest BCUT2D eigenvalue weighted by atomic mass is 16.4. The van der Waals surface area contributed by atoms with Gasteiger partial charge in [-0.15, -0.1) is 0 Å². The molecule has 140 valence electrons. The van der Waals surface area contributed by atoms with Crippen molar-refractivity contribution in [2.24, 2.45) is 0 Å². The number of quaternary nitrogens is 1. The molecule has 1 rings (SSSR count). The second-order valence-corrected chi connectivity index (χ2v) is 7.42. The van der Waals surface area contributed by atoms with Gasteiger partial charge in [-0.1, -0.05) is 71.1 Å². The van der Waals surface area contributed by atoms with E-state index in [0.717, 1.165) is 12.8 Å². The molecule has 1 fully saturated rings. The molecule has 2 unspecified atom stereocenters. The standard InChI is InChI=1S/C19H35NO4/c1-2-3-4-5-6-7-8-9-10-11-12-13-14-20(16-18(21)22)15-17(20)19(23)24/h17H,2-16H2,1H3,(H-,21,22,23,24)/p+1. The molecule has 0 spiro atoms. The Kier molecular flexibility index (Phi) is 9.99. The van der Waals surface area contributed by atoms with Gasteiger partial charge >= 0.3 is 11.9 Å². The average molecular weight is 342 g/mol. The van der Waals surface area contributed by atoms with Crippen molar-refractivity contribution >= 4 is 11.9 Å². The molecule has 0 amide bonds. The van der Waals surface area contributed by atoms with Crippen LogP contribution in [0, 0.1) is 0 Å². The number of nitrogens with zero attached hydrogens (tertiary/aromatic N) is 1. The van der Waals surface area contributed by atoms with Crippen molar-refractivity contribution in [2.75, 3.05) is 19.6 Å². The first-order valence-electron chi connectivity index (χ1n) is 9.82. The molecule has 5 heteroatoms. The van der Waals surface area contributed by atoms with Crippen LogP contribution < -0.4 is 0 Å². The van der Waals surface area contributed by atoms with E-state index in [2.05, 4.69) is 6.92 Å². The minimum absolute atomic E-state index is 0.0466. The monoisotopic (exact) mass is 342 g/mol. The highest BCUT2D eigenvalue weighted by molar-refractivity contribution is 5.76. The summed E-state index contributed by atoms with van der Waals surface area (Å²) in [6, 6.07) is -0.492. The van der Waals surface area contributed by atoms with Gasteiger partial charge in [0.05, 0.1) is 6.54 Å². The van der Waals surface area contributed by atoms with Gasteiger partial charge in [0.1, 0.15) is 6.54 Å². The van der Waals surface area contributed by atoms with Gasteiger partial charge in [-0.3, -0.25) is 4.48 Å². The molecular formula is C19H36NO4+. The second kappa shape index (κ2) is 11.5. The van der Waals surface area contributed by atoms with E-state index in [4.69, 9.17) is 10.2 Å². The summed E-state index contributed by atoms with van der Waals surface area (Å²) in [7, 11) is 0. The summed E-state index contributed by atoms with van der Waals surface area (Å²) in [5.41, 5.74) is 0. The summed E-state index contributed by atoms with van der Waals surface area (Å²) in [5.74, 6) is -1.74. The van der Waals surface area contributed by atoms with E-state index in [1.165, 1.54) is 64.2 Å². The van der Waals surface area contributed by atoms with Crippen molar-refractivity contribution in [3.63, 3.8) is 0 Å². The third-order valence-electron chi connectivity index (χ3n) is 5.26. The van der Waals surface area contributed by atoms with Gasteiger partial charge in [-0.25, -0.2) is 9.59 Å². The summed E-state index contributed by atoms with van der Waals surface area (Å²) in [6.07, 6.45) is 15.2. The Morgan fingerprint density at radius 1 is 0.833 bits per heavy atom. The summed E-state index contributed by atoms with van der Waals surface area (Å²) in [6.45, 7) is 3.38. The van der Waals surface area contributed by atoms with Crippen LogP contribution in [0.2, 0.25) is 0 Å². The number of carboxylic acids is 2. The van der Waals surface area contributed by atoms with E-state index in [1.54, 1.807) is 0 Å². The van der Waals surface area contributed by atoms with Crippen molar-refractivity contribution < 1.29 is 24.3 Å². The Hall–Kier alpha value is -1.10. The number of aliphatic carboxylic acids is 2. The average Bonchev–Trinajstić information content (AvgIpc) is 3.22. The topological polar surface area (TPSA) is 74.6 Å². The molecule has 1 aliphatic heterocycles. The molecule has 24 heavy (non-hydrogen) atoms. The maximum Gasteiger partial charge on any atom is 0.368 e. The molecule has 1 saturated heterocycles. The van der Waals surface area contributed by atoms with Gasteiger partial charge in [-0.05, 0) is 12.8 Å². The van der Waals surface area contributed by atoms with Crippen LogP contribution in [0.25, 0.3) is 0 Å². The number of carbonyl (C=O) groups is 2. The van der Waals surface area contributed by atoms with Gasteiger partial charge in [-0.2, -0.15) is 0 Å². The van der Waals surface area contributed by atoms with E-state index in [0.29, 0.717) is 13.1 Å². The van der Waals surface area contributed by atoms with Crippen LogP contribution in [-0.4, -0.2) is 52.3 Å². The molecule has 1 aliphatic rings. The molecule has 0 bridgehead atoms. The minimum atomic E-state index is -0.891. The van der Waals surface area contributed by atoms with E-state index in [-0.39, 0.29) is 11.0 Å². The summed E-state index contributed by atoms with van der Waals surface area (Å²) in [4.78, 5) is 22.0. The zero-order valence-corrected chi connectivity index (χ0v) is 15.3. The maximum absolute atomic E-state index is 11.1. The molecule has 0 aromatic heterocycles. The zero-order chi connectivity index (χ0) is 17.8. The van der Waals surface area contributed by atoms with E-state index in [1.807, 2.05) is 0 Å². The van der Waals surface area contributed by atoms with Crippen LogP contribution >= 0.6 is 0 Å². The molecule has 5 nitrogen and oxygen atoms in total. The normalized spacial score (nSPS) is 22.5. The van der Waals surface area contributed by atoms with Crippen LogP contribution in [-0.2, 0) is 9.59 Å². The minimum Gasteiger partial charge on any atom is -0.477 e. The number of carboxylic acid groups (broad SMARTS) is 2. The Labute approximate surface area is 146 Å². The lowest BCUT2D eigenvalue weighted by atomic mass is 10.1. The number of hydrogen-bond acceptors (Lipinski definition) is 2. The first-order chi connectivity index (χ1) is 11.5. The summed E-state index contributed by atoms with van der Waals surface area (Å²) in [5, 5.41) is 18.1. The highest BCUT2D eigenvalue weighted by Gasteiger charge is 2.60. The Morgan fingerprint density at radius 3 is 1.67 bits per heavy atom. The van der Waals surface area contributed by atoms with Crippen LogP contribution in [0.3, 0.4) is 0 Å². The second-order valence-electron chi connectivity index (χ2n) is 7.42. The number of unbranched alkanes of at least 4 members (excludes halogenated alkanes) is 11. The fraction of sp³-hybridized carbons (Fsp3) is 0.895. The first kappa shape index (κ1) is 20.9. The van der Waals surface area contributed by atoms with Crippen molar-refractivity contribution in [1.82, 2.24) is 0 Å². The molecule has 2 N–H and O–H groups in total. The van der Waals surface area contributed by atoms with Crippen molar-refractivity contribution in [1.29, 1.82) is 0 Å². The van der Waals surface area contributed by atoms with Gasteiger partial charge in [0.25, 0.3) is 0 Å². The van der Waals surface area contributed by atoms with E-state index < -0.39 is 18.0 Å². The molecular weight excluding hydrogens is 306 g/mol. The van der Waals surface area contributed by atoms with Gasteiger partial charge in [0.15, 0.2) is 6.54 Å². The van der Waals surface area contributed by atoms with E-state index >= 15 is 0 Å².